The third-order valence-corrected chi connectivity index (χ3v) is 2.39. The molecule has 0 radical (unpaired) electrons. The van der Waals surface area contributed by atoms with E-state index in [0.29, 0.717) is 0 Å². The van der Waals surface area contributed by atoms with Crippen LogP contribution in [0.25, 0.3) is 0 Å². The van der Waals surface area contributed by atoms with Crippen molar-refractivity contribution in [1.82, 2.24) is 10.3 Å². The Bertz CT molecular complexity index is 272. The number of aryl methyl sites for hydroxylation is 1. The van der Waals surface area contributed by atoms with Crippen LogP contribution in [-0.2, 0) is 6.54 Å². The minimum absolute atomic E-state index is 0.177. The maximum absolute atomic E-state index is 8.99. The van der Waals surface area contributed by atoms with E-state index in [2.05, 4.69) is 17.2 Å². The van der Waals surface area contributed by atoms with Crippen molar-refractivity contribution in [2.24, 2.45) is 0 Å². The van der Waals surface area contributed by atoms with Gasteiger partial charge in [-0.3, -0.25) is 4.98 Å². The number of rotatable bonds is 5. The van der Waals surface area contributed by atoms with Gasteiger partial charge < -0.3 is 10.4 Å². The van der Waals surface area contributed by atoms with E-state index in [-0.39, 0.29) is 12.6 Å². The van der Waals surface area contributed by atoms with Gasteiger partial charge in [0, 0.05) is 18.8 Å². The second-order valence-electron chi connectivity index (χ2n) is 3.44. The van der Waals surface area contributed by atoms with Crippen molar-refractivity contribution in [2.75, 3.05) is 6.61 Å². The zero-order valence-corrected chi connectivity index (χ0v) is 8.83. The highest BCUT2D eigenvalue weighted by atomic mass is 16.3. The Morgan fingerprint density at radius 2 is 2.36 bits per heavy atom. The molecule has 78 valence electrons. The molecular formula is C11H18N2O. The molecule has 0 fully saturated rings. The van der Waals surface area contributed by atoms with Crippen LogP contribution in [0.3, 0.4) is 0 Å². The van der Waals surface area contributed by atoms with Gasteiger partial charge in [-0.1, -0.05) is 13.0 Å². The number of hydrogen-bond donors (Lipinski definition) is 2. The van der Waals surface area contributed by atoms with E-state index in [1.54, 1.807) is 6.20 Å². The fraction of sp³-hybridized carbons (Fsp3) is 0.545. The molecule has 0 saturated heterocycles. The van der Waals surface area contributed by atoms with E-state index in [9.17, 15) is 0 Å². The quantitative estimate of drug-likeness (QED) is 0.741. The summed E-state index contributed by atoms with van der Waals surface area (Å²) in [6.45, 7) is 5.01. The number of nitrogens with one attached hydrogen (secondary N) is 1. The lowest BCUT2D eigenvalue weighted by molar-refractivity contribution is 0.238. The van der Waals surface area contributed by atoms with Crippen LogP contribution in [-0.4, -0.2) is 22.7 Å². The summed E-state index contributed by atoms with van der Waals surface area (Å²) < 4.78 is 0. The van der Waals surface area contributed by atoms with Gasteiger partial charge in [-0.05, 0) is 25.0 Å². The fourth-order valence-electron chi connectivity index (χ4n) is 1.28. The Morgan fingerprint density at radius 3 is 2.93 bits per heavy atom. The molecule has 1 heterocycles. The van der Waals surface area contributed by atoms with E-state index >= 15 is 0 Å². The minimum atomic E-state index is 0.177. The molecule has 0 aromatic carbocycles. The summed E-state index contributed by atoms with van der Waals surface area (Å²) in [5, 5.41) is 12.3. The predicted octanol–water partition coefficient (Wildman–Crippen LogP) is 1.25. The Kier molecular flexibility index (Phi) is 4.56. The van der Waals surface area contributed by atoms with Crippen molar-refractivity contribution in [3.8, 4) is 0 Å². The average Bonchev–Trinajstić information content (AvgIpc) is 2.22. The molecule has 0 aliphatic carbocycles. The first-order valence-corrected chi connectivity index (χ1v) is 5.02. The van der Waals surface area contributed by atoms with Crippen LogP contribution in [0.1, 0.15) is 24.6 Å². The SMILES string of the molecule is CC[C@H](CO)NCc1ncccc1C. The summed E-state index contributed by atoms with van der Waals surface area (Å²) in [4.78, 5) is 4.27. The summed E-state index contributed by atoms with van der Waals surface area (Å²) in [6.07, 6.45) is 2.73. The van der Waals surface area contributed by atoms with Gasteiger partial charge in [0.2, 0.25) is 0 Å². The molecule has 2 N–H and O–H groups in total. The van der Waals surface area contributed by atoms with Crippen molar-refractivity contribution in [1.29, 1.82) is 0 Å². The van der Waals surface area contributed by atoms with Gasteiger partial charge in [-0.15, -0.1) is 0 Å². The summed E-state index contributed by atoms with van der Waals surface area (Å²) >= 11 is 0. The highest BCUT2D eigenvalue weighted by Gasteiger charge is 2.04. The van der Waals surface area contributed by atoms with Crippen LogP contribution in [0.2, 0.25) is 0 Å². The first-order chi connectivity index (χ1) is 6.77. The number of nitrogens with zero attached hydrogens (tertiary/aromatic N) is 1. The van der Waals surface area contributed by atoms with Gasteiger partial charge >= 0.3 is 0 Å². The standard InChI is InChI=1S/C11H18N2O/c1-3-10(8-14)13-7-11-9(2)5-4-6-12-11/h4-6,10,13-14H,3,7-8H2,1-2H3/t10-/m1/s1. The van der Waals surface area contributed by atoms with Gasteiger partial charge in [0.15, 0.2) is 0 Å². The van der Waals surface area contributed by atoms with E-state index in [1.165, 1.54) is 5.56 Å². The zero-order valence-electron chi connectivity index (χ0n) is 8.83. The third kappa shape index (κ3) is 3.09. The lowest BCUT2D eigenvalue weighted by atomic mass is 10.2. The lowest BCUT2D eigenvalue weighted by Gasteiger charge is -2.14. The maximum atomic E-state index is 8.99. The molecule has 3 heteroatoms. The summed E-state index contributed by atoms with van der Waals surface area (Å²) in [5.41, 5.74) is 2.24. The molecule has 0 aliphatic heterocycles. The highest BCUT2D eigenvalue weighted by molar-refractivity contribution is 5.17. The van der Waals surface area contributed by atoms with Crippen LogP contribution in [0, 0.1) is 6.92 Å². The lowest BCUT2D eigenvalue weighted by Crippen LogP contribution is -2.31. The molecule has 0 saturated carbocycles. The minimum Gasteiger partial charge on any atom is -0.395 e. The van der Waals surface area contributed by atoms with Crippen molar-refractivity contribution < 1.29 is 5.11 Å². The van der Waals surface area contributed by atoms with E-state index < -0.39 is 0 Å². The van der Waals surface area contributed by atoms with Crippen LogP contribution in [0.5, 0.6) is 0 Å². The Morgan fingerprint density at radius 1 is 1.57 bits per heavy atom. The van der Waals surface area contributed by atoms with E-state index in [4.69, 9.17) is 5.11 Å². The van der Waals surface area contributed by atoms with Gasteiger partial charge in [0.05, 0.1) is 12.3 Å². The maximum Gasteiger partial charge on any atom is 0.0584 e. The Labute approximate surface area is 85.2 Å². The first kappa shape index (κ1) is 11.1. The monoisotopic (exact) mass is 194 g/mol. The van der Waals surface area contributed by atoms with Gasteiger partial charge in [0.25, 0.3) is 0 Å². The molecule has 1 atom stereocenters. The number of aromatic nitrogens is 1. The molecule has 1 aromatic rings. The normalized spacial score (nSPS) is 12.8. The third-order valence-electron chi connectivity index (χ3n) is 2.39. The van der Waals surface area contributed by atoms with E-state index in [0.717, 1.165) is 18.7 Å². The van der Waals surface area contributed by atoms with Gasteiger partial charge in [-0.2, -0.15) is 0 Å². The molecule has 14 heavy (non-hydrogen) atoms. The number of aliphatic hydroxyl groups excluding tert-OH is 1. The summed E-state index contributed by atoms with van der Waals surface area (Å²) in [7, 11) is 0. The largest absolute Gasteiger partial charge is 0.395 e. The van der Waals surface area contributed by atoms with Gasteiger partial charge in [-0.25, -0.2) is 0 Å². The zero-order chi connectivity index (χ0) is 10.4. The van der Waals surface area contributed by atoms with Crippen molar-refractivity contribution in [2.45, 2.75) is 32.9 Å². The molecule has 0 spiro atoms. The fourth-order valence-corrected chi connectivity index (χ4v) is 1.28. The van der Waals surface area contributed by atoms with Crippen LogP contribution < -0.4 is 5.32 Å². The van der Waals surface area contributed by atoms with Crippen LogP contribution >= 0.6 is 0 Å². The molecule has 3 nitrogen and oxygen atoms in total. The molecule has 0 amide bonds. The predicted molar refractivity (Wildman–Crippen MR) is 57.0 cm³/mol. The smallest absolute Gasteiger partial charge is 0.0584 e. The molecule has 1 rings (SSSR count). The summed E-state index contributed by atoms with van der Waals surface area (Å²) in [6, 6.07) is 4.16. The average molecular weight is 194 g/mol. The van der Waals surface area contributed by atoms with E-state index in [1.807, 2.05) is 19.1 Å². The van der Waals surface area contributed by atoms with Crippen LogP contribution in [0.15, 0.2) is 18.3 Å². The molecular weight excluding hydrogens is 176 g/mol. The number of hydrogen-bond acceptors (Lipinski definition) is 3. The molecule has 0 aliphatic rings. The van der Waals surface area contributed by atoms with Crippen molar-refractivity contribution >= 4 is 0 Å². The number of pyridine rings is 1. The van der Waals surface area contributed by atoms with Gasteiger partial charge in [0.1, 0.15) is 0 Å². The summed E-state index contributed by atoms with van der Waals surface area (Å²) in [5.74, 6) is 0. The topological polar surface area (TPSA) is 45.1 Å². The van der Waals surface area contributed by atoms with Crippen molar-refractivity contribution in [3.05, 3.63) is 29.6 Å². The second kappa shape index (κ2) is 5.73. The molecule has 0 unspecified atom stereocenters. The second-order valence-corrected chi connectivity index (χ2v) is 3.44. The first-order valence-electron chi connectivity index (χ1n) is 5.02. The number of aliphatic hydroxyl groups is 1. The Balaban J connectivity index is 2.49. The molecule has 0 bridgehead atoms. The Hall–Kier alpha value is -0.930. The highest BCUT2D eigenvalue weighted by Crippen LogP contribution is 2.03. The van der Waals surface area contributed by atoms with Crippen LogP contribution in [0.4, 0.5) is 0 Å². The van der Waals surface area contributed by atoms with Crippen molar-refractivity contribution in [3.63, 3.8) is 0 Å². The molecule has 1 aromatic heterocycles.